The molecule has 8 heteroatoms. The Hall–Kier alpha value is -2.15. The molecule has 2 aromatic heterocycles. The Morgan fingerprint density at radius 3 is 2.71 bits per heavy atom. The number of hydrogen-bond acceptors (Lipinski definition) is 4. The van der Waals surface area contributed by atoms with Crippen LogP contribution in [0.2, 0.25) is 10.2 Å². The summed E-state index contributed by atoms with van der Waals surface area (Å²) in [6.45, 7) is 1.99. The van der Waals surface area contributed by atoms with Crippen LogP contribution in [0.1, 0.15) is 28.1 Å². The number of rotatable bonds is 7. The largest absolute Gasteiger partial charge is 0.441 e. The second-order valence-corrected chi connectivity index (χ2v) is 7.53. The first-order valence-electron chi connectivity index (χ1n) is 8.75. The summed E-state index contributed by atoms with van der Waals surface area (Å²) in [6.07, 6.45) is 2.15. The van der Waals surface area contributed by atoms with Crippen LogP contribution >= 0.6 is 23.2 Å². The van der Waals surface area contributed by atoms with E-state index in [2.05, 4.69) is 5.10 Å². The Labute approximate surface area is 172 Å². The summed E-state index contributed by atoms with van der Waals surface area (Å²) in [7, 11) is 1.72. The van der Waals surface area contributed by atoms with E-state index in [9.17, 15) is 9.18 Å². The number of benzene rings is 1. The SMILES string of the molecule is Cc1ccc(C[C@@H](CN)CC(=O)c2cc(-c3c(Cl)cnn3C)c(Cl)o2)cc1F. The van der Waals surface area contributed by atoms with E-state index >= 15 is 0 Å². The van der Waals surface area contributed by atoms with Crippen LogP contribution in [0.5, 0.6) is 0 Å². The highest BCUT2D eigenvalue weighted by molar-refractivity contribution is 6.35. The fraction of sp³-hybridized carbons (Fsp3) is 0.300. The fourth-order valence-corrected chi connectivity index (χ4v) is 3.57. The molecule has 2 heterocycles. The quantitative estimate of drug-likeness (QED) is 0.552. The van der Waals surface area contributed by atoms with Gasteiger partial charge in [0.1, 0.15) is 5.82 Å². The lowest BCUT2D eigenvalue weighted by atomic mass is 9.93. The van der Waals surface area contributed by atoms with Crippen molar-refractivity contribution in [1.82, 2.24) is 9.78 Å². The van der Waals surface area contributed by atoms with Crippen LogP contribution in [0.15, 0.2) is 34.9 Å². The minimum absolute atomic E-state index is 0.0683. The Morgan fingerprint density at radius 2 is 2.11 bits per heavy atom. The van der Waals surface area contributed by atoms with Gasteiger partial charge < -0.3 is 10.2 Å². The second-order valence-electron chi connectivity index (χ2n) is 6.78. The van der Waals surface area contributed by atoms with E-state index in [1.165, 1.54) is 12.3 Å². The molecule has 5 nitrogen and oxygen atoms in total. The zero-order valence-corrected chi connectivity index (χ0v) is 17.0. The number of carbonyl (C=O) groups excluding carboxylic acids is 1. The highest BCUT2D eigenvalue weighted by Crippen LogP contribution is 2.35. The first-order valence-corrected chi connectivity index (χ1v) is 9.51. The van der Waals surface area contributed by atoms with Crippen LogP contribution < -0.4 is 5.73 Å². The molecule has 148 valence electrons. The van der Waals surface area contributed by atoms with Gasteiger partial charge in [-0.25, -0.2) is 4.39 Å². The molecule has 0 aliphatic rings. The van der Waals surface area contributed by atoms with Crippen LogP contribution in [-0.4, -0.2) is 22.1 Å². The van der Waals surface area contributed by atoms with E-state index in [0.717, 1.165) is 5.56 Å². The average Bonchev–Trinajstić information content (AvgIpc) is 3.19. The highest BCUT2D eigenvalue weighted by Gasteiger charge is 2.23. The van der Waals surface area contributed by atoms with Crippen molar-refractivity contribution < 1.29 is 13.6 Å². The number of hydrogen-bond donors (Lipinski definition) is 1. The number of Topliss-reactive ketones (excluding diaryl/α,β-unsaturated/α-hetero) is 1. The molecule has 2 N–H and O–H groups in total. The maximum atomic E-state index is 13.8. The van der Waals surface area contributed by atoms with Gasteiger partial charge in [0.15, 0.2) is 11.5 Å². The number of ketones is 1. The van der Waals surface area contributed by atoms with Gasteiger partial charge in [-0.3, -0.25) is 9.48 Å². The van der Waals surface area contributed by atoms with Gasteiger partial charge in [-0.15, -0.1) is 0 Å². The Morgan fingerprint density at radius 1 is 1.36 bits per heavy atom. The summed E-state index contributed by atoms with van der Waals surface area (Å²) in [6, 6.07) is 6.61. The van der Waals surface area contributed by atoms with Gasteiger partial charge in [0, 0.05) is 13.5 Å². The number of furan rings is 1. The maximum Gasteiger partial charge on any atom is 0.203 e. The summed E-state index contributed by atoms with van der Waals surface area (Å²) in [4.78, 5) is 12.7. The molecule has 0 saturated heterocycles. The van der Waals surface area contributed by atoms with Crippen molar-refractivity contribution in [3.8, 4) is 11.3 Å². The van der Waals surface area contributed by atoms with E-state index in [1.807, 2.05) is 6.07 Å². The van der Waals surface area contributed by atoms with Crippen molar-refractivity contribution in [2.45, 2.75) is 19.8 Å². The van der Waals surface area contributed by atoms with E-state index in [-0.39, 0.29) is 41.5 Å². The number of carbonyl (C=O) groups is 1. The van der Waals surface area contributed by atoms with Crippen molar-refractivity contribution in [2.75, 3.05) is 6.54 Å². The van der Waals surface area contributed by atoms with Crippen LogP contribution in [0.4, 0.5) is 4.39 Å². The molecule has 0 unspecified atom stereocenters. The van der Waals surface area contributed by atoms with Gasteiger partial charge in [0.2, 0.25) is 5.22 Å². The van der Waals surface area contributed by atoms with Crippen molar-refractivity contribution in [2.24, 2.45) is 18.7 Å². The molecule has 3 aromatic rings. The molecule has 0 aliphatic carbocycles. The molecule has 0 amide bonds. The lowest BCUT2D eigenvalue weighted by Crippen LogP contribution is -2.20. The van der Waals surface area contributed by atoms with Crippen LogP contribution in [-0.2, 0) is 13.5 Å². The standard InChI is InChI=1S/C20H20Cl2FN3O2/c1-11-3-4-12(6-16(11)23)5-13(9-24)7-17(27)18-8-14(20(22)28-18)19-15(21)10-25-26(19)2/h3-4,6,8,10,13H,5,7,9,24H2,1-2H3/t13-/m1/s1. The summed E-state index contributed by atoms with van der Waals surface area (Å²) in [5, 5.41) is 4.54. The Bertz CT molecular complexity index is 994. The van der Waals surface area contributed by atoms with E-state index in [0.29, 0.717) is 28.3 Å². The first-order chi connectivity index (χ1) is 13.3. The maximum absolute atomic E-state index is 13.8. The predicted molar refractivity (Wildman–Crippen MR) is 107 cm³/mol. The molecule has 28 heavy (non-hydrogen) atoms. The lowest BCUT2D eigenvalue weighted by molar-refractivity contribution is 0.0935. The van der Waals surface area contributed by atoms with E-state index in [1.54, 1.807) is 30.8 Å². The molecule has 0 saturated carbocycles. The molecular weight excluding hydrogens is 404 g/mol. The van der Waals surface area contributed by atoms with Gasteiger partial charge in [-0.2, -0.15) is 5.10 Å². The zero-order chi connectivity index (χ0) is 20.4. The number of nitrogens with two attached hydrogens (primary N) is 1. The molecular formula is C20H20Cl2FN3O2. The van der Waals surface area contributed by atoms with Crippen LogP contribution in [0.25, 0.3) is 11.3 Å². The third-order valence-electron chi connectivity index (χ3n) is 4.68. The van der Waals surface area contributed by atoms with Crippen molar-refractivity contribution in [3.05, 3.63) is 63.4 Å². The minimum atomic E-state index is -0.268. The zero-order valence-electron chi connectivity index (χ0n) is 15.5. The number of aryl methyl sites for hydroxylation is 2. The van der Waals surface area contributed by atoms with Gasteiger partial charge in [0.05, 0.1) is 22.5 Å². The summed E-state index contributed by atoms with van der Waals surface area (Å²) in [5.41, 5.74) is 8.28. The monoisotopic (exact) mass is 423 g/mol. The smallest absolute Gasteiger partial charge is 0.203 e. The predicted octanol–water partition coefficient (Wildman–Crippen LogP) is 4.82. The molecule has 0 radical (unpaired) electrons. The lowest BCUT2D eigenvalue weighted by Gasteiger charge is -2.13. The molecule has 0 aliphatic heterocycles. The Kier molecular flexibility index (Phi) is 6.23. The minimum Gasteiger partial charge on any atom is -0.441 e. The van der Waals surface area contributed by atoms with Gasteiger partial charge in [-0.05, 0) is 60.7 Å². The molecule has 0 fully saturated rings. The second kappa shape index (κ2) is 8.47. The molecule has 0 spiro atoms. The fourth-order valence-electron chi connectivity index (χ4n) is 3.08. The first kappa shape index (κ1) is 20.6. The van der Waals surface area contributed by atoms with Crippen LogP contribution in [0, 0.1) is 18.7 Å². The molecule has 1 atom stereocenters. The van der Waals surface area contributed by atoms with Gasteiger partial charge in [-0.1, -0.05) is 23.7 Å². The summed E-state index contributed by atoms with van der Waals surface area (Å²) >= 11 is 12.3. The van der Waals surface area contributed by atoms with Crippen molar-refractivity contribution in [3.63, 3.8) is 0 Å². The highest BCUT2D eigenvalue weighted by atomic mass is 35.5. The number of aromatic nitrogens is 2. The number of halogens is 3. The normalized spacial score (nSPS) is 12.4. The molecule has 1 aromatic carbocycles. The van der Waals surface area contributed by atoms with E-state index in [4.69, 9.17) is 33.4 Å². The molecule has 0 bridgehead atoms. The molecule has 3 rings (SSSR count). The number of nitrogens with zero attached hydrogens (tertiary/aromatic N) is 2. The Balaban J connectivity index is 1.76. The van der Waals surface area contributed by atoms with Crippen molar-refractivity contribution in [1.29, 1.82) is 0 Å². The van der Waals surface area contributed by atoms with Crippen LogP contribution in [0.3, 0.4) is 0 Å². The third-order valence-corrected chi connectivity index (χ3v) is 5.24. The third kappa shape index (κ3) is 4.29. The van der Waals surface area contributed by atoms with Gasteiger partial charge in [0.25, 0.3) is 0 Å². The van der Waals surface area contributed by atoms with Gasteiger partial charge >= 0.3 is 0 Å². The van der Waals surface area contributed by atoms with E-state index < -0.39 is 0 Å². The topological polar surface area (TPSA) is 74.1 Å². The summed E-state index contributed by atoms with van der Waals surface area (Å²) < 4.78 is 20.8. The summed E-state index contributed by atoms with van der Waals surface area (Å²) in [5.74, 6) is -0.516. The average molecular weight is 424 g/mol. The van der Waals surface area contributed by atoms with Crippen molar-refractivity contribution >= 4 is 29.0 Å².